The minimum absolute atomic E-state index is 0.00144. The van der Waals surface area contributed by atoms with Crippen LogP contribution in [-0.4, -0.2) is 31.7 Å². The van der Waals surface area contributed by atoms with Crippen LogP contribution in [0.1, 0.15) is 30.1 Å². The summed E-state index contributed by atoms with van der Waals surface area (Å²) in [6, 6.07) is 7.85. The van der Waals surface area contributed by atoms with E-state index in [-0.39, 0.29) is 11.9 Å². The second-order valence-electron chi connectivity index (χ2n) is 4.44. The summed E-state index contributed by atoms with van der Waals surface area (Å²) in [4.78, 5) is 12.2. The fourth-order valence-electron chi connectivity index (χ4n) is 2.13. The van der Waals surface area contributed by atoms with Gasteiger partial charge in [-0.05, 0) is 31.9 Å². The van der Waals surface area contributed by atoms with Crippen LogP contribution in [0.15, 0.2) is 24.3 Å². The molecule has 2 N–H and O–H groups in total. The van der Waals surface area contributed by atoms with E-state index in [1.54, 1.807) is 0 Å². The second-order valence-corrected chi connectivity index (χ2v) is 4.44. The fourth-order valence-corrected chi connectivity index (χ4v) is 2.13. The normalized spacial score (nSPS) is 16.3. The Morgan fingerprint density at radius 3 is 2.78 bits per heavy atom. The van der Waals surface area contributed by atoms with Crippen molar-refractivity contribution in [1.29, 1.82) is 0 Å². The first-order valence-corrected chi connectivity index (χ1v) is 6.52. The van der Waals surface area contributed by atoms with E-state index in [0.29, 0.717) is 5.56 Å². The minimum Gasteiger partial charge on any atom is -0.385 e. The van der Waals surface area contributed by atoms with Crippen LogP contribution < -0.4 is 10.6 Å². The number of carbonyl (C=O) groups excluding carboxylic acids is 1. The third-order valence-electron chi connectivity index (χ3n) is 3.10. The SMILES string of the molecule is CCNc1ccccc1C(=O)NC1CCOCC1. The largest absolute Gasteiger partial charge is 0.385 e. The van der Waals surface area contributed by atoms with Crippen molar-refractivity contribution < 1.29 is 9.53 Å². The molecule has 0 spiro atoms. The monoisotopic (exact) mass is 248 g/mol. The number of carbonyl (C=O) groups is 1. The molecular formula is C14H20N2O2. The van der Waals surface area contributed by atoms with Crippen LogP contribution in [0.25, 0.3) is 0 Å². The van der Waals surface area contributed by atoms with Gasteiger partial charge in [0.1, 0.15) is 0 Å². The number of ether oxygens (including phenoxy) is 1. The van der Waals surface area contributed by atoms with E-state index in [9.17, 15) is 4.79 Å². The average molecular weight is 248 g/mol. The van der Waals surface area contributed by atoms with Crippen LogP contribution in [0, 0.1) is 0 Å². The summed E-state index contributed by atoms with van der Waals surface area (Å²) in [5.41, 5.74) is 1.61. The van der Waals surface area contributed by atoms with Gasteiger partial charge in [-0.3, -0.25) is 4.79 Å². The Labute approximate surface area is 108 Å². The van der Waals surface area contributed by atoms with Crippen LogP contribution >= 0.6 is 0 Å². The summed E-state index contributed by atoms with van der Waals surface area (Å²) in [6.07, 6.45) is 1.80. The zero-order valence-electron chi connectivity index (χ0n) is 10.7. The summed E-state index contributed by atoms with van der Waals surface area (Å²) in [6.45, 7) is 4.30. The lowest BCUT2D eigenvalue weighted by atomic mass is 10.1. The molecule has 1 aliphatic rings. The molecule has 0 saturated carbocycles. The molecule has 1 aromatic rings. The molecular weight excluding hydrogens is 228 g/mol. The molecule has 0 radical (unpaired) electrons. The van der Waals surface area contributed by atoms with Gasteiger partial charge in [-0.25, -0.2) is 0 Å². The molecule has 1 heterocycles. The molecule has 4 nitrogen and oxygen atoms in total. The molecule has 1 aliphatic heterocycles. The van der Waals surface area contributed by atoms with Crippen LogP contribution in [0.2, 0.25) is 0 Å². The summed E-state index contributed by atoms with van der Waals surface area (Å²) in [5, 5.41) is 6.28. The minimum atomic E-state index is -0.00144. The lowest BCUT2D eigenvalue weighted by Crippen LogP contribution is -2.39. The van der Waals surface area contributed by atoms with Crippen molar-refractivity contribution in [2.45, 2.75) is 25.8 Å². The Balaban J connectivity index is 2.03. The number of hydrogen-bond donors (Lipinski definition) is 2. The third-order valence-corrected chi connectivity index (χ3v) is 3.10. The molecule has 98 valence electrons. The van der Waals surface area contributed by atoms with Gasteiger partial charge >= 0.3 is 0 Å². The first-order valence-electron chi connectivity index (χ1n) is 6.52. The van der Waals surface area contributed by atoms with Crippen LogP contribution in [0.3, 0.4) is 0 Å². The molecule has 2 rings (SSSR count). The van der Waals surface area contributed by atoms with E-state index < -0.39 is 0 Å². The van der Waals surface area contributed by atoms with E-state index in [4.69, 9.17) is 4.74 Å². The highest BCUT2D eigenvalue weighted by Crippen LogP contribution is 2.16. The van der Waals surface area contributed by atoms with E-state index in [1.807, 2.05) is 31.2 Å². The van der Waals surface area contributed by atoms with Gasteiger partial charge in [0.15, 0.2) is 0 Å². The zero-order valence-corrected chi connectivity index (χ0v) is 10.7. The van der Waals surface area contributed by atoms with Crippen molar-refractivity contribution in [2.75, 3.05) is 25.1 Å². The highest BCUT2D eigenvalue weighted by Gasteiger charge is 2.18. The lowest BCUT2D eigenvalue weighted by molar-refractivity contribution is 0.0697. The summed E-state index contributed by atoms with van der Waals surface area (Å²) < 4.78 is 5.29. The van der Waals surface area contributed by atoms with Crippen molar-refractivity contribution >= 4 is 11.6 Å². The Bertz CT molecular complexity index is 401. The Morgan fingerprint density at radius 1 is 1.33 bits per heavy atom. The smallest absolute Gasteiger partial charge is 0.253 e. The molecule has 0 aliphatic carbocycles. The average Bonchev–Trinajstić information content (AvgIpc) is 2.41. The maximum Gasteiger partial charge on any atom is 0.253 e. The summed E-state index contributed by atoms with van der Waals surface area (Å²) >= 11 is 0. The van der Waals surface area contributed by atoms with Crippen molar-refractivity contribution in [2.24, 2.45) is 0 Å². The molecule has 1 fully saturated rings. The van der Waals surface area contributed by atoms with Gasteiger partial charge in [-0.2, -0.15) is 0 Å². The van der Waals surface area contributed by atoms with Gasteiger partial charge in [0, 0.05) is 31.5 Å². The first-order chi connectivity index (χ1) is 8.81. The van der Waals surface area contributed by atoms with Gasteiger partial charge in [0.2, 0.25) is 0 Å². The molecule has 4 heteroatoms. The Kier molecular flexibility index (Phi) is 4.59. The highest BCUT2D eigenvalue weighted by molar-refractivity contribution is 5.99. The topological polar surface area (TPSA) is 50.4 Å². The molecule has 0 atom stereocenters. The van der Waals surface area contributed by atoms with Crippen molar-refractivity contribution in [3.63, 3.8) is 0 Å². The predicted molar refractivity (Wildman–Crippen MR) is 71.9 cm³/mol. The molecule has 0 bridgehead atoms. The van der Waals surface area contributed by atoms with Crippen LogP contribution in [0.4, 0.5) is 5.69 Å². The molecule has 0 aromatic heterocycles. The second kappa shape index (κ2) is 6.40. The predicted octanol–water partition coefficient (Wildman–Crippen LogP) is 2.03. The van der Waals surface area contributed by atoms with Gasteiger partial charge in [0.05, 0.1) is 5.56 Å². The van der Waals surface area contributed by atoms with E-state index in [1.165, 1.54) is 0 Å². The van der Waals surface area contributed by atoms with Crippen molar-refractivity contribution in [3.05, 3.63) is 29.8 Å². The van der Waals surface area contributed by atoms with Gasteiger partial charge < -0.3 is 15.4 Å². The van der Waals surface area contributed by atoms with Gasteiger partial charge in [-0.15, -0.1) is 0 Å². The van der Waals surface area contributed by atoms with Crippen LogP contribution in [0.5, 0.6) is 0 Å². The number of anilines is 1. The summed E-state index contributed by atoms with van der Waals surface area (Å²) in [7, 11) is 0. The number of amides is 1. The number of para-hydroxylation sites is 1. The third kappa shape index (κ3) is 3.23. The fraction of sp³-hybridized carbons (Fsp3) is 0.500. The maximum atomic E-state index is 12.2. The Morgan fingerprint density at radius 2 is 2.06 bits per heavy atom. The molecule has 1 saturated heterocycles. The van der Waals surface area contributed by atoms with Crippen molar-refractivity contribution in [1.82, 2.24) is 5.32 Å². The van der Waals surface area contributed by atoms with Crippen LogP contribution in [-0.2, 0) is 4.74 Å². The van der Waals surface area contributed by atoms with Crippen molar-refractivity contribution in [3.8, 4) is 0 Å². The van der Waals surface area contributed by atoms with E-state index >= 15 is 0 Å². The quantitative estimate of drug-likeness (QED) is 0.857. The van der Waals surface area contributed by atoms with E-state index in [2.05, 4.69) is 10.6 Å². The first kappa shape index (κ1) is 12.9. The van der Waals surface area contributed by atoms with Gasteiger partial charge in [-0.1, -0.05) is 12.1 Å². The Hall–Kier alpha value is -1.55. The van der Waals surface area contributed by atoms with E-state index in [0.717, 1.165) is 38.3 Å². The molecule has 1 aromatic carbocycles. The zero-order chi connectivity index (χ0) is 12.8. The maximum absolute atomic E-state index is 12.2. The number of nitrogens with one attached hydrogen (secondary N) is 2. The number of benzene rings is 1. The number of hydrogen-bond acceptors (Lipinski definition) is 3. The molecule has 1 amide bonds. The highest BCUT2D eigenvalue weighted by atomic mass is 16.5. The van der Waals surface area contributed by atoms with Gasteiger partial charge in [0.25, 0.3) is 5.91 Å². The molecule has 18 heavy (non-hydrogen) atoms. The number of rotatable bonds is 4. The summed E-state index contributed by atoms with van der Waals surface area (Å²) in [5.74, 6) is -0.00144. The molecule has 0 unspecified atom stereocenters. The lowest BCUT2D eigenvalue weighted by Gasteiger charge is -2.23. The standard InChI is InChI=1S/C14H20N2O2/c1-2-15-13-6-4-3-5-12(13)14(17)16-11-7-9-18-10-8-11/h3-6,11,15H,2,7-10H2,1H3,(H,16,17).